The maximum Gasteiger partial charge on any atom is 0.340 e. The van der Waals surface area contributed by atoms with Gasteiger partial charge < -0.3 is 15.2 Å². The standard InChI is InChI=1S/C21H23F2NO4/c1-10(2)27-20(26)18-16(12-6-5-11(22)7-13(12)23)17-14(25)8-21(3,4)9-15(17)28-19(18)24/h5-7,10,16H,8-9,24H2,1-4H3. The van der Waals surface area contributed by atoms with E-state index in [-0.39, 0.29) is 40.2 Å². The Morgan fingerprint density at radius 3 is 2.57 bits per heavy atom. The summed E-state index contributed by atoms with van der Waals surface area (Å²) in [5.74, 6) is -3.73. The van der Waals surface area contributed by atoms with E-state index in [9.17, 15) is 18.4 Å². The van der Waals surface area contributed by atoms with Gasteiger partial charge in [0, 0.05) is 30.0 Å². The van der Waals surface area contributed by atoms with E-state index in [1.165, 1.54) is 6.07 Å². The van der Waals surface area contributed by atoms with Crippen LogP contribution in [0.3, 0.4) is 0 Å². The molecule has 1 unspecified atom stereocenters. The minimum absolute atomic E-state index is 0.0242. The molecule has 0 saturated heterocycles. The molecule has 28 heavy (non-hydrogen) atoms. The minimum Gasteiger partial charge on any atom is -0.459 e. The molecule has 7 heteroatoms. The van der Waals surface area contributed by atoms with Gasteiger partial charge in [0.1, 0.15) is 23.0 Å². The lowest BCUT2D eigenvalue weighted by atomic mass is 9.70. The molecule has 0 saturated carbocycles. The molecule has 1 aliphatic carbocycles. The van der Waals surface area contributed by atoms with Crippen molar-refractivity contribution in [3.63, 3.8) is 0 Å². The Kier molecular flexibility index (Phi) is 5.04. The molecular formula is C21H23F2NO4. The molecule has 2 aliphatic rings. The molecule has 150 valence electrons. The number of ether oxygens (including phenoxy) is 2. The number of ketones is 1. The second kappa shape index (κ2) is 7.04. The smallest absolute Gasteiger partial charge is 0.340 e. The van der Waals surface area contributed by atoms with E-state index in [2.05, 4.69) is 0 Å². The van der Waals surface area contributed by atoms with Gasteiger partial charge in [-0.25, -0.2) is 13.6 Å². The molecule has 0 spiro atoms. The molecule has 3 rings (SSSR count). The average Bonchev–Trinajstić information content (AvgIpc) is 2.51. The van der Waals surface area contributed by atoms with E-state index in [0.717, 1.165) is 6.07 Å². The number of halogens is 2. The Labute approximate surface area is 162 Å². The first-order valence-corrected chi connectivity index (χ1v) is 9.10. The number of allylic oxidation sites excluding steroid dienone is 2. The normalized spacial score (nSPS) is 21.5. The third kappa shape index (κ3) is 3.66. The first kappa shape index (κ1) is 20.0. The lowest BCUT2D eigenvalue weighted by Crippen LogP contribution is -2.36. The molecule has 0 amide bonds. The summed E-state index contributed by atoms with van der Waals surface area (Å²) in [7, 11) is 0. The summed E-state index contributed by atoms with van der Waals surface area (Å²) < 4.78 is 39.0. The highest BCUT2D eigenvalue weighted by Crippen LogP contribution is 2.48. The maximum atomic E-state index is 14.7. The Bertz CT molecular complexity index is 915. The van der Waals surface area contributed by atoms with Crippen molar-refractivity contribution in [2.75, 3.05) is 0 Å². The molecule has 1 atom stereocenters. The molecule has 0 aromatic heterocycles. The van der Waals surface area contributed by atoms with Crippen LogP contribution < -0.4 is 5.73 Å². The molecule has 1 aliphatic heterocycles. The number of esters is 1. The van der Waals surface area contributed by atoms with Gasteiger partial charge in [0.15, 0.2) is 5.78 Å². The molecule has 2 N–H and O–H groups in total. The van der Waals surface area contributed by atoms with Gasteiger partial charge in [-0.3, -0.25) is 4.79 Å². The van der Waals surface area contributed by atoms with Crippen LogP contribution in [-0.2, 0) is 19.1 Å². The topological polar surface area (TPSA) is 78.6 Å². The van der Waals surface area contributed by atoms with Crippen LogP contribution in [0.15, 0.2) is 41.0 Å². The Morgan fingerprint density at radius 1 is 1.29 bits per heavy atom. The SMILES string of the molecule is CC(C)OC(=O)C1=C(N)OC2=C(C(=O)CC(C)(C)C2)C1c1ccc(F)cc1F. The summed E-state index contributed by atoms with van der Waals surface area (Å²) in [4.78, 5) is 25.7. The second-order valence-electron chi connectivity index (χ2n) is 8.21. The number of carbonyl (C=O) groups excluding carboxylic acids is 2. The Hall–Kier alpha value is -2.70. The van der Waals surface area contributed by atoms with Crippen LogP contribution in [0.25, 0.3) is 0 Å². The van der Waals surface area contributed by atoms with Crippen LogP contribution in [0, 0.1) is 17.0 Å². The summed E-state index contributed by atoms with van der Waals surface area (Å²) in [5.41, 5.74) is 5.66. The van der Waals surface area contributed by atoms with Gasteiger partial charge in [0.2, 0.25) is 5.88 Å². The van der Waals surface area contributed by atoms with Crippen LogP contribution in [-0.4, -0.2) is 17.9 Å². The van der Waals surface area contributed by atoms with Gasteiger partial charge in [-0.05, 0) is 25.3 Å². The summed E-state index contributed by atoms with van der Waals surface area (Å²) in [6.45, 7) is 7.14. The number of benzene rings is 1. The van der Waals surface area contributed by atoms with Gasteiger partial charge in [0.25, 0.3) is 0 Å². The molecule has 0 bridgehead atoms. The zero-order valence-electron chi connectivity index (χ0n) is 16.3. The van der Waals surface area contributed by atoms with Crippen molar-refractivity contribution in [3.05, 3.63) is 58.2 Å². The highest BCUT2D eigenvalue weighted by atomic mass is 19.1. The van der Waals surface area contributed by atoms with E-state index >= 15 is 0 Å². The van der Waals surface area contributed by atoms with Crippen molar-refractivity contribution in [3.8, 4) is 0 Å². The highest BCUT2D eigenvalue weighted by molar-refractivity contribution is 6.03. The lowest BCUT2D eigenvalue weighted by Gasteiger charge is -2.38. The number of Topliss-reactive ketones (excluding diaryl/α,β-unsaturated/α-hetero) is 1. The fourth-order valence-corrected chi connectivity index (χ4v) is 3.71. The van der Waals surface area contributed by atoms with Crippen molar-refractivity contribution in [1.82, 2.24) is 0 Å². The van der Waals surface area contributed by atoms with Crippen LogP contribution >= 0.6 is 0 Å². The van der Waals surface area contributed by atoms with Gasteiger partial charge in [-0.1, -0.05) is 19.9 Å². The average molecular weight is 391 g/mol. The highest BCUT2D eigenvalue weighted by Gasteiger charge is 2.45. The van der Waals surface area contributed by atoms with Gasteiger partial charge in [0.05, 0.1) is 12.0 Å². The van der Waals surface area contributed by atoms with Crippen molar-refractivity contribution in [2.45, 2.75) is 52.6 Å². The molecule has 0 fully saturated rings. The van der Waals surface area contributed by atoms with E-state index in [0.29, 0.717) is 18.2 Å². The van der Waals surface area contributed by atoms with E-state index in [1.807, 2.05) is 13.8 Å². The zero-order chi connectivity index (χ0) is 20.8. The molecule has 0 radical (unpaired) electrons. The predicted molar refractivity (Wildman–Crippen MR) is 97.7 cm³/mol. The summed E-state index contributed by atoms with van der Waals surface area (Å²) in [6.07, 6.45) is 0.157. The largest absolute Gasteiger partial charge is 0.459 e. The summed E-state index contributed by atoms with van der Waals surface area (Å²) in [5, 5.41) is 0. The molecule has 1 heterocycles. The van der Waals surface area contributed by atoms with Gasteiger partial charge in [-0.15, -0.1) is 0 Å². The van der Waals surface area contributed by atoms with Crippen molar-refractivity contribution < 1.29 is 27.8 Å². The third-order valence-corrected chi connectivity index (χ3v) is 4.79. The molecule has 1 aromatic carbocycles. The minimum atomic E-state index is -1.11. The molecule has 1 aromatic rings. The monoisotopic (exact) mass is 391 g/mol. The number of nitrogens with two attached hydrogens (primary N) is 1. The fourth-order valence-electron chi connectivity index (χ4n) is 3.71. The zero-order valence-corrected chi connectivity index (χ0v) is 16.3. The lowest BCUT2D eigenvalue weighted by molar-refractivity contribution is -0.143. The number of hydrogen-bond donors (Lipinski definition) is 1. The first-order valence-electron chi connectivity index (χ1n) is 9.10. The van der Waals surface area contributed by atoms with Gasteiger partial charge >= 0.3 is 5.97 Å². The van der Waals surface area contributed by atoms with E-state index < -0.39 is 29.6 Å². The number of carbonyl (C=O) groups is 2. The Morgan fingerprint density at radius 2 is 1.96 bits per heavy atom. The number of rotatable bonds is 3. The van der Waals surface area contributed by atoms with Crippen LogP contribution in [0.1, 0.15) is 52.0 Å². The molecule has 5 nitrogen and oxygen atoms in total. The van der Waals surface area contributed by atoms with E-state index in [1.54, 1.807) is 13.8 Å². The van der Waals surface area contributed by atoms with Crippen LogP contribution in [0.4, 0.5) is 8.78 Å². The van der Waals surface area contributed by atoms with Crippen LogP contribution in [0.5, 0.6) is 0 Å². The second-order valence-corrected chi connectivity index (χ2v) is 8.21. The number of hydrogen-bond acceptors (Lipinski definition) is 5. The van der Waals surface area contributed by atoms with Gasteiger partial charge in [-0.2, -0.15) is 0 Å². The predicted octanol–water partition coefficient (Wildman–Crippen LogP) is 3.84. The first-order chi connectivity index (χ1) is 13.0. The summed E-state index contributed by atoms with van der Waals surface area (Å²) in [6, 6.07) is 3.00. The third-order valence-electron chi connectivity index (χ3n) is 4.79. The Balaban J connectivity index is 2.21. The van der Waals surface area contributed by atoms with Crippen molar-refractivity contribution in [2.24, 2.45) is 11.1 Å². The van der Waals surface area contributed by atoms with E-state index in [4.69, 9.17) is 15.2 Å². The van der Waals surface area contributed by atoms with Crippen molar-refractivity contribution in [1.29, 1.82) is 0 Å². The van der Waals surface area contributed by atoms with Crippen molar-refractivity contribution >= 4 is 11.8 Å². The summed E-state index contributed by atoms with van der Waals surface area (Å²) >= 11 is 0. The van der Waals surface area contributed by atoms with Crippen LogP contribution in [0.2, 0.25) is 0 Å². The fraction of sp³-hybridized carbons (Fsp3) is 0.429. The quantitative estimate of drug-likeness (QED) is 0.792. The molecular weight excluding hydrogens is 368 g/mol. The maximum absolute atomic E-state index is 14.7.